The Morgan fingerprint density at radius 2 is 1.94 bits per heavy atom. The van der Waals surface area contributed by atoms with E-state index in [0.717, 1.165) is 11.1 Å². The van der Waals surface area contributed by atoms with Crippen molar-refractivity contribution in [3.8, 4) is 6.07 Å². The number of hydrogen-bond acceptors (Lipinski definition) is 5. The quantitative estimate of drug-likeness (QED) is 0.842. The second-order valence-electron chi connectivity index (χ2n) is 3.77. The van der Waals surface area contributed by atoms with Crippen molar-refractivity contribution in [3.63, 3.8) is 0 Å². The molecule has 0 saturated heterocycles. The third-order valence-electron chi connectivity index (χ3n) is 2.55. The summed E-state index contributed by atoms with van der Waals surface area (Å²) in [5.41, 5.74) is 8.18. The van der Waals surface area contributed by atoms with Crippen LogP contribution in [0.4, 0.5) is 5.82 Å². The van der Waals surface area contributed by atoms with Gasteiger partial charge in [-0.1, -0.05) is 24.3 Å². The second kappa shape index (κ2) is 5.75. The SMILES string of the molecule is N#Cc1cncnc1NCc1ccc(CN)cc1. The molecule has 0 saturated carbocycles. The maximum atomic E-state index is 8.90. The number of rotatable bonds is 4. The number of nitriles is 1. The van der Waals surface area contributed by atoms with Gasteiger partial charge in [-0.05, 0) is 11.1 Å². The fourth-order valence-corrected chi connectivity index (χ4v) is 1.53. The summed E-state index contributed by atoms with van der Waals surface area (Å²) in [6.07, 6.45) is 2.91. The van der Waals surface area contributed by atoms with Crippen molar-refractivity contribution in [1.29, 1.82) is 5.26 Å². The summed E-state index contributed by atoms with van der Waals surface area (Å²) < 4.78 is 0. The molecule has 0 aliphatic rings. The van der Waals surface area contributed by atoms with E-state index in [-0.39, 0.29) is 0 Å². The molecule has 0 bridgehead atoms. The highest BCUT2D eigenvalue weighted by molar-refractivity contribution is 5.50. The van der Waals surface area contributed by atoms with E-state index < -0.39 is 0 Å². The van der Waals surface area contributed by atoms with E-state index in [1.54, 1.807) is 0 Å². The van der Waals surface area contributed by atoms with Gasteiger partial charge in [0.2, 0.25) is 0 Å². The standard InChI is InChI=1S/C13H13N5/c14-5-10-1-3-11(4-2-10)7-17-13-12(6-15)8-16-9-18-13/h1-4,8-9H,5,7,14H2,(H,16,17,18). The van der Waals surface area contributed by atoms with Crippen molar-refractivity contribution in [2.75, 3.05) is 5.32 Å². The molecule has 2 aromatic rings. The van der Waals surface area contributed by atoms with Crippen LogP contribution in [0.1, 0.15) is 16.7 Å². The van der Waals surface area contributed by atoms with Crippen LogP contribution in [-0.4, -0.2) is 9.97 Å². The topological polar surface area (TPSA) is 87.6 Å². The molecule has 0 fully saturated rings. The zero-order chi connectivity index (χ0) is 12.8. The number of benzene rings is 1. The van der Waals surface area contributed by atoms with Crippen molar-refractivity contribution in [3.05, 3.63) is 53.5 Å². The van der Waals surface area contributed by atoms with Crippen molar-refractivity contribution in [2.24, 2.45) is 5.73 Å². The maximum Gasteiger partial charge on any atom is 0.147 e. The van der Waals surface area contributed by atoms with Gasteiger partial charge in [-0.25, -0.2) is 9.97 Å². The first-order chi connectivity index (χ1) is 8.83. The van der Waals surface area contributed by atoms with Crippen LogP contribution in [-0.2, 0) is 13.1 Å². The van der Waals surface area contributed by atoms with E-state index in [0.29, 0.717) is 24.5 Å². The summed E-state index contributed by atoms with van der Waals surface area (Å²) in [5.74, 6) is 0.551. The third kappa shape index (κ3) is 2.81. The van der Waals surface area contributed by atoms with Gasteiger partial charge in [-0.2, -0.15) is 5.26 Å². The minimum Gasteiger partial charge on any atom is -0.365 e. The van der Waals surface area contributed by atoms with E-state index >= 15 is 0 Å². The molecule has 0 spiro atoms. The average Bonchev–Trinajstić information content (AvgIpc) is 2.46. The first-order valence-corrected chi connectivity index (χ1v) is 5.55. The molecule has 3 N–H and O–H groups in total. The Morgan fingerprint density at radius 3 is 2.61 bits per heavy atom. The van der Waals surface area contributed by atoms with Crippen LogP contribution >= 0.6 is 0 Å². The number of hydrogen-bond donors (Lipinski definition) is 2. The molecular formula is C13H13N5. The van der Waals surface area contributed by atoms with Crippen LogP contribution in [0.2, 0.25) is 0 Å². The monoisotopic (exact) mass is 239 g/mol. The number of nitrogens with zero attached hydrogens (tertiary/aromatic N) is 3. The van der Waals surface area contributed by atoms with Crippen molar-refractivity contribution >= 4 is 5.82 Å². The molecular weight excluding hydrogens is 226 g/mol. The van der Waals surface area contributed by atoms with Crippen LogP contribution in [0, 0.1) is 11.3 Å². The normalized spacial score (nSPS) is 9.78. The fraction of sp³-hybridized carbons (Fsp3) is 0.154. The Kier molecular flexibility index (Phi) is 3.84. The van der Waals surface area contributed by atoms with Gasteiger partial charge < -0.3 is 11.1 Å². The molecule has 0 radical (unpaired) electrons. The summed E-state index contributed by atoms with van der Waals surface area (Å²) >= 11 is 0. The van der Waals surface area contributed by atoms with E-state index in [2.05, 4.69) is 15.3 Å². The Morgan fingerprint density at radius 1 is 1.22 bits per heavy atom. The molecule has 0 amide bonds. The van der Waals surface area contributed by atoms with Crippen molar-refractivity contribution in [2.45, 2.75) is 13.1 Å². The van der Waals surface area contributed by atoms with Crippen LogP contribution < -0.4 is 11.1 Å². The molecule has 0 atom stereocenters. The molecule has 0 aliphatic carbocycles. The van der Waals surface area contributed by atoms with Gasteiger partial charge >= 0.3 is 0 Å². The van der Waals surface area contributed by atoms with E-state index in [9.17, 15) is 0 Å². The Balaban J connectivity index is 2.05. The maximum absolute atomic E-state index is 8.90. The van der Waals surface area contributed by atoms with Crippen LogP contribution in [0.5, 0.6) is 0 Å². The lowest BCUT2D eigenvalue weighted by atomic mass is 10.1. The average molecular weight is 239 g/mol. The van der Waals surface area contributed by atoms with Crippen molar-refractivity contribution < 1.29 is 0 Å². The molecule has 5 nitrogen and oxygen atoms in total. The largest absolute Gasteiger partial charge is 0.365 e. The number of nitrogens with one attached hydrogen (secondary N) is 1. The predicted molar refractivity (Wildman–Crippen MR) is 68.4 cm³/mol. The lowest BCUT2D eigenvalue weighted by Gasteiger charge is -2.07. The Bertz CT molecular complexity index is 556. The minimum absolute atomic E-state index is 0.441. The van der Waals surface area contributed by atoms with Gasteiger partial charge in [0.05, 0.1) is 6.20 Å². The second-order valence-corrected chi connectivity index (χ2v) is 3.77. The molecule has 1 aromatic carbocycles. The lowest BCUT2D eigenvalue weighted by Crippen LogP contribution is -2.04. The van der Waals surface area contributed by atoms with E-state index in [4.69, 9.17) is 11.0 Å². The molecule has 1 aromatic heterocycles. The molecule has 18 heavy (non-hydrogen) atoms. The van der Waals surface area contributed by atoms with Crippen LogP contribution in [0.25, 0.3) is 0 Å². The summed E-state index contributed by atoms with van der Waals surface area (Å²) in [4.78, 5) is 7.84. The zero-order valence-corrected chi connectivity index (χ0v) is 9.80. The zero-order valence-electron chi connectivity index (χ0n) is 9.80. The first-order valence-electron chi connectivity index (χ1n) is 5.55. The minimum atomic E-state index is 0.441. The molecule has 5 heteroatoms. The number of aromatic nitrogens is 2. The molecule has 0 aliphatic heterocycles. The van der Waals surface area contributed by atoms with Crippen molar-refractivity contribution in [1.82, 2.24) is 9.97 Å². The number of nitrogens with two attached hydrogens (primary N) is 1. The predicted octanol–water partition coefficient (Wildman–Crippen LogP) is 1.42. The smallest absolute Gasteiger partial charge is 0.147 e. The van der Waals surface area contributed by atoms with Crippen LogP contribution in [0.3, 0.4) is 0 Å². The third-order valence-corrected chi connectivity index (χ3v) is 2.55. The van der Waals surface area contributed by atoms with Gasteiger partial charge in [0.25, 0.3) is 0 Å². The van der Waals surface area contributed by atoms with Crippen LogP contribution in [0.15, 0.2) is 36.8 Å². The summed E-state index contributed by atoms with van der Waals surface area (Å²) in [6.45, 7) is 1.15. The number of anilines is 1. The molecule has 1 heterocycles. The van der Waals surface area contributed by atoms with Gasteiger partial charge in [-0.15, -0.1) is 0 Å². The fourth-order valence-electron chi connectivity index (χ4n) is 1.53. The molecule has 2 rings (SSSR count). The van der Waals surface area contributed by atoms with E-state index in [1.807, 2.05) is 30.3 Å². The molecule has 90 valence electrons. The highest BCUT2D eigenvalue weighted by Crippen LogP contribution is 2.11. The molecule has 0 unspecified atom stereocenters. The summed E-state index contributed by atoms with van der Waals surface area (Å²) in [7, 11) is 0. The van der Waals surface area contributed by atoms with Gasteiger partial charge in [0.15, 0.2) is 0 Å². The summed E-state index contributed by atoms with van der Waals surface area (Å²) in [6, 6.07) is 10.0. The summed E-state index contributed by atoms with van der Waals surface area (Å²) in [5, 5.41) is 12.0. The van der Waals surface area contributed by atoms with E-state index in [1.165, 1.54) is 12.5 Å². The highest BCUT2D eigenvalue weighted by atomic mass is 15.0. The van der Waals surface area contributed by atoms with Gasteiger partial charge in [0, 0.05) is 13.1 Å². The Hall–Kier alpha value is -2.45. The first kappa shape index (κ1) is 12.0. The van der Waals surface area contributed by atoms with Gasteiger partial charge in [-0.3, -0.25) is 0 Å². The highest BCUT2D eigenvalue weighted by Gasteiger charge is 2.02. The lowest BCUT2D eigenvalue weighted by molar-refractivity contribution is 1.05. The van der Waals surface area contributed by atoms with Gasteiger partial charge in [0.1, 0.15) is 23.8 Å². The Labute approximate surface area is 105 Å².